The number of rotatable bonds is 3. The van der Waals surface area contributed by atoms with Crippen LogP contribution < -0.4 is 10.5 Å². The number of piperidine rings is 1. The second-order valence-electron chi connectivity index (χ2n) is 9.38. The summed E-state index contributed by atoms with van der Waals surface area (Å²) in [5.41, 5.74) is 6.80. The van der Waals surface area contributed by atoms with Crippen LogP contribution in [0.5, 0.6) is 5.75 Å². The Morgan fingerprint density at radius 3 is 2.85 bits per heavy atom. The summed E-state index contributed by atoms with van der Waals surface area (Å²) in [5.74, 6) is 1.61. The van der Waals surface area contributed by atoms with Crippen LogP contribution in [0.3, 0.4) is 0 Å². The van der Waals surface area contributed by atoms with E-state index in [0.717, 1.165) is 43.2 Å². The van der Waals surface area contributed by atoms with Gasteiger partial charge in [0, 0.05) is 18.0 Å². The standard InChI is InChI=1S/C22H29N3O2/c1-27-17-5-4-16-10-19-22(26)7-6-20(24,14-23)13-21(22,18(16)11-17)8-9-25(19)12-15-2-3-15/h4-5,11,15,19,26H,2-3,6-10,12-13,24H2,1H3. The Bertz CT molecular complexity index is 816. The fourth-order valence-electron chi connectivity index (χ4n) is 6.24. The number of benzene rings is 1. The van der Waals surface area contributed by atoms with E-state index in [0.29, 0.717) is 19.3 Å². The molecule has 1 aliphatic heterocycles. The van der Waals surface area contributed by atoms with Crippen molar-refractivity contribution in [2.75, 3.05) is 20.2 Å². The minimum absolute atomic E-state index is 0.121. The average molecular weight is 367 g/mol. The van der Waals surface area contributed by atoms with Crippen LogP contribution in [-0.4, -0.2) is 47.4 Å². The highest BCUT2D eigenvalue weighted by molar-refractivity contribution is 5.49. The van der Waals surface area contributed by atoms with Gasteiger partial charge in [0.2, 0.25) is 0 Å². The monoisotopic (exact) mass is 367 g/mol. The maximum atomic E-state index is 12.2. The summed E-state index contributed by atoms with van der Waals surface area (Å²) in [5, 5.41) is 21.9. The molecule has 1 heterocycles. The number of nitrogens with two attached hydrogens (primary N) is 1. The lowest BCUT2D eigenvalue weighted by Gasteiger charge is -2.65. The first-order chi connectivity index (χ1) is 12.9. The molecule has 3 fully saturated rings. The Morgan fingerprint density at radius 2 is 2.15 bits per heavy atom. The van der Waals surface area contributed by atoms with Crippen molar-refractivity contribution < 1.29 is 9.84 Å². The highest BCUT2D eigenvalue weighted by Gasteiger charge is 2.66. The number of methoxy groups -OCH3 is 1. The molecule has 0 spiro atoms. The van der Waals surface area contributed by atoms with Gasteiger partial charge in [-0.15, -0.1) is 0 Å². The average Bonchev–Trinajstić information content (AvgIpc) is 3.49. The molecule has 144 valence electrons. The molecule has 4 unspecified atom stereocenters. The molecule has 4 aliphatic rings. The summed E-state index contributed by atoms with van der Waals surface area (Å²) >= 11 is 0. The van der Waals surface area contributed by atoms with Crippen LogP contribution in [-0.2, 0) is 11.8 Å². The molecule has 5 heteroatoms. The molecule has 1 saturated heterocycles. The van der Waals surface area contributed by atoms with Gasteiger partial charge in [-0.1, -0.05) is 6.07 Å². The zero-order chi connectivity index (χ0) is 18.9. The summed E-state index contributed by atoms with van der Waals surface area (Å²) in [4.78, 5) is 2.54. The van der Waals surface area contributed by atoms with Crippen LogP contribution in [0.2, 0.25) is 0 Å². The van der Waals surface area contributed by atoms with E-state index < -0.39 is 16.6 Å². The Kier molecular flexibility index (Phi) is 3.69. The van der Waals surface area contributed by atoms with Gasteiger partial charge in [-0.3, -0.25) is 4.90 Å². The first kappa shape index (κ1) is 17.5. The number of nitriles is 1. The molecule has 2 saturated carbocycles. The van der Waals surface area contributed by atoms with Gasteiger partial charge in [0.25, 0.3) is 0 Å². The molecule has 5 nitrogen and oxygen atoms in total. The Morgan fingerprint density at radius 1 is 1.33 bits per heavy atom. The van der Waals surface area contributed by atoms with Gasteiger partial charge in [-0.25, -0.2) is 0 Å². The van der Waals surface area contributed by atoms with Crippen LogP contribution in [0.25, 0.3) is 0 Å². The smallest absolute Gasteiger partial charge is 0.119 e. The molecular formula is C22H29N3O2. The van der Waals surface area contributed by atoms with Crippen molar-refractivity contribution in [3.63, 3.8) is 0 Å². The van der Waals surface area contributed by atoms with Crippen molar-refractivity contribution in [3.05, 3.63) is 29.3 Å². The summed E-state index contributed by atoms with van der Waals surface area (Å²) in [6.45, 7) is 2.07. The van der Waals surface area contributed by atoms with E-state index in [1.165, 1.54) is 18.4 Å². The van der Waals surface area contributed by atoms with E-state index in [9.17, 15) is 10.4 Å². The van der Waals surface area contributed by atoms with E-state index >= 15 is 0 Å². The zero-order valence-corrected chi connectivity index (χ0v) is 16.1. The predicted octanol–water partition coefficient (Wildman–Crippen LogP) is 2.11. The van der Waals surface area contributed by atoms with Gasteiger partial charge in [0.05, 0.1) is 18.8 Å². The molecule has 0 amide bonds. The third-order valence-corrected chi connectivity index (χ3v) is 7.87. The van der Waals surface area contributed by atoms with Gasteiger partial charge in [-0.05, 0) is 80.7 Å². The topological polar surface area (TPSA) is 82.5 Å². The fraction of sp³-hybridized carbons (Fsp3) is 0.682. The number of ether oxygens (including phenoxy) is 1. The molecular weight excluding hydrogens is 338 g/mol. The summed E-state index contributed by atoms with van der Waals surface area (Å²) in [6, 6.07) is 8.75. The van der Waals surface area contributed by atoms with Crippen LogP contribution in [0.15, 0.2) is 18.2 Å². The van der Waals surface area contributed by atoms with Gasteiger partial charge in [0.1, 0.15) is 11.3 Å². The van der Waals surface area contributed by atoms with Gasteiger partial charge in [0.15, 0.2) is 0 Å². The van der Waals surface area contributed by atoms with E-state index in [2.05, 4.69) is 23.1 Å². The molecule has 1 aromatic carbocycles. The molecule has 2 bridgehead atoms. The quantitative estimate of drug-likeness (QED) is 0.855. The first-order valence-electron chi connectivity index (χ1n) is 10.3. The number of nitrogens with zero attached hydrogens (tertiary/aromatic N) is 2. The Hall–Kier alpha value is -1.61. The van der Waals surface area contributed by atoms with E-state index in [1.807, 2.05) is 6.07 Å². The molecule has 0 radical (unpaired) electrons. The van der Waals surface area contributed by atoms with Gasteiger partial charge in [-0.2, -0.15) is 5.26 Å². The molecule has 0 aromatic heterocycles. The van der Waals surface area contributed by atoms with Crippen molar-refractivity contribution in [1.29, 1.82) is 5.26 Å². The lowest BCUT2D eigenvalue weighted by Crippen LogP contribution is -2.75. The lowest BCUT2D eigenvalue weighted by molar-refractivity contribution is -0.173. The molecule has 4 atom stereocenters. The van der Waals surface area contributed by atoms with Crippen molar-refractivity contribution in [1.82, 2.24) is 4.90 Å². The fourth-order valence-corrected chi connectivity index (χ4v) is 6.24. The number of fused-ring (bicyclic) bond motifs is 1. The van der Waals surface area contributed by atoms with Crippen molar-refractivity contribution in [3.8, 4) is 11.8 Å². The van der Waals surface area contributed by atoms with Crippen molar-refractivity contribution >= 4 is 0 Å². The van der Waals surface area contributed by atoms with Crippen LogP contribution >= 0.6 is 0 Å². The molecule has 27 heavy (non-hydrogen) atoms. The third kappa shape index (κ3) is 2.40. The third-order valence-electron chi connectivity index (χ3n) is 7.87. The SMILES string of the molecule is COc1ccc2c(c1)C13CCN(CC4CC4)C(C2)C1(O)CCC(N)(C#N)C3. The summed E-state index contributed by atoms with van der Waals surface area (Å²) in [7, 11) is 1.68. The lowest BCUT2D eigenvalue weighted by atomic mass is 9.47. The maximum Gasteiger partial charge on any atom is 0.119 e. The minimum Gasteiger partial charge on any atom is -0.497 e. The summed E-state index contributed by atoms with van der Waals surface area (Å²) < 4.78 is 5.50. The minimum atomic E-state index is -0.868. The number of hydrogen-bond acceptors (Lipinski definition) is 5. The van der Waals surface area contributed by atoms with Gasteiger partial charge < -0.3 is 15.6 Å². The Balaban J connectivity index is 1.65. The van der Waals surface area contributed by atoms with Crippen LogP contribution in [0, 0.1) is 17.2 Å². The maximum absolute atomic E-state index is 12.2. The van der Waals surface area contributed by atoms with Crippen molar-refractivity contribution in [2.24, 2.45) is 11.7 Å². The zero-order valence-electron chi connectivity index (χ0n) is 16.1. The normalized spacial score (nSPS) is 40.6. The largest absolute Gasteiger partial charge is 0.497 e. The van der Waals surface area contributed by atoms with Gasteiger partial charge >= 0.3 is 0 Å². The highest BCUT2D eigenvalue weighted by Crippen LogP contribution is 2.60. The molecule has 3 N–H and O–H groups in total. The highest BCUT2D eigenvalue weighted by atomic mass is 16.5. The molecule has 1 aromatic rings. The van der Waals surface area contributed by atoms with E-state index in [1.54, 1.807) is 7.11 Å². The second kappa shape index (κ2) is 5.70. The molecule has 5 rings (SSSR count). The second-order valence-corrected chi connectivity index (χ2v) is 9.38. The number of hydrogen-bond donors (Lipinski definition) is 2. The van der Waals surface area contributed by atoms with Crippen molar-refractivity contribution in [2.45, 2.75) is 67.5 Å². The Labute approximate surface area is 161 Å². The van der Waals surface area contributed by atoms with Crippen LogP contribution in [0.1, 0.15) is 49.7 Å². The predicted molar refractivity (Wildman–Crippen MR) is 102 cm³/mol. The number of likely N-dealkylation sites (tertiary alicyclic amines) is 1. The van der Waals surface area contributed by atoms with E-state index in [-0.39, 0.29) is 6.04 Å². The summed E-state index contributed by atoms with van der Waals surface area (Å²) in [6.07, 6.45) is 6.05. The van der Waals surface area contributed by atoms with Crippen LogP contribution in [0.4, 0.5) is 0 Å². The molecule has 3 aliphatic carbocycles. The first-order valence-corrected chi connectivity index (χ1v) is 10.3. The van der Waals surface area contributed by atoms with E-state index in [4.69, 9.17) is 10.5 Å². The number of aliphatic hydroxyl groups is 1.